The van der Waals surface area contributed by atoms with Crippen LogP contribution in [0.1, 0.15) is 38.5 Å². The molecule has 3 nitrogen and oxygen atoms in total. The van der Waals surface area contributed by atoms with Crippen LogP contribution in [0.15, 0.2) is 0 Å². The Morgan fingerprint density at radius 3 is 2.38 bits per heavy atom. The summed E-state index contributed by atoms with van der Waals surface area (Å²) in [5.41, 5.74) is 0. The summed E-state index contributed by atoms with van der Waals surface area (Å²) in [6, 6.07) is 0.397. The van der Waals surface area contributed by atoms with Crippen LogP contribution in [0.3, 0.4) is 0 Å². The van der Waals surface area contributed by atoms with Gasteiger partial charge in [0.1, 0.15) is 0 Å². The molecule has 3 rings (SSSR count). The first-order chi connectivity index (χ1) is 9.95. The van der Waals surface area contributed by atoms with Gasteiger partial charge < -0.3 is 10.2 Å². The van der Waals surface area contributed by atoms with E-state index in [-0.39, 0.29) is 24.7 Å². The quantitative estimate of drug-likeness (QED) is 0.807. The van der Waals surface area contributed by atoms with Gasteiger partial charge in [0.25, 0.3) is 0 Å². The van der Waals surface area contributed by atoms with Gasteiger partial charge in [-0.1, -0.05) is 0 Å². The lowest BCUT2D eigenvalue weighted by molar-refractivity contribution is -0.185. The summed E-state index contributed by atoms with van der Waals surface area (Å²) < 4.78 is 38.0. The number of carbonyl (C=O) groups excluding carboxylic acids is 1. The standard InChI is InChI=1S/C15H23F3N2O/c16-15(17,18)12-5-3-10(4-6-12)14(21)20-8-11-2-1-7-19-13(11)9-20/h10-13,19H,1-9H2/t10?,11-,12?,13+/m0/s1. The fraction of sp³-hybridized carbons (Fsp3) is 0.933. The van der Waals surface area contributed by atoms with Crippen LogP contribution in [0, 0.1) is 17.8 Å². The first-order valence-electron chi connectivity index (χ1n) is 8.04. The molecule has 0 bridgehead atoms. The zero-order chi connectivity index (χ0) is 15.0. The Morgan fingerprint density at radius 1 is 1.05 bits per heavy atom. The molecule has 1 aliphatic carbocycles. The third kappa shape index (κ3) is 3.20. The van der Waals surface area contributed by atoms with Crippen molar-refractivity contribution in [2.24, 2.45) is 17.8 Å². The molecule has 21 heavy (non-hydrogen) atoms. The summed E-state index contributed by atoms with van der Waals surface area (Å²) >= 11 is 0. The maximum absolute atomic E-state index is 12.7. The number of amides is 1. The smallest absolute Gasteiger partial charge is 0.341 e. The van der Waals surface area contributed by atoms with Gasteiger partial charge in [-0.2, -0.15) is 13.2 Å². The number of hydrogen-bond acceptors (Lipinski definition) is 2. The number of piperidine rings is 1. The molecule has 3 aliphatic rings. The highest BCUT2D eigenvalue weighted by molar-refractivity contribution is 5.79. The number of nitrogens with zero attached hydrogens (tertiary/aromatic N) is 1. The lowest BCUT2D eigenvalue weighted by atomic mass is 9.81. The highest BCUT2D eigenvalue weighted by Crippen LogP contribution is 2.40. The van der Waals surface area contributed by atoms with Gasteiger partial charge in [-0.05, 0) is 51.0 Å². The van der Waals surface area contributed by atoms with Crippen LogP contribution in [0.4, 0.5) is 13.2 Å². The predicted molar refractivity (Wildman–Crippen MR) is 72.6 cm³/mol. The number of halogens is 3. The van der Waals surface area contributed by atoms with E-state index in [9.17, 15) is 18.0 Å². The molecule has 1 amide bonds. The number of nitrogens with one attached hydrogen (secondary N) is 1. The van der Waals surface area contributed by atoms with E-state index in [1.807, 2.05) is 4.90 Å². The Hall–Kier alpha value is -0.780. The van der Waals surface area contributed by atoms with Crippen molar-refractivity contribution in [3.63, 3.8) is 0 Å². The van der Waals surface area contributed by atoms with Gasteiger partial charge >= 0.3 is 6.18 Å². The Morgan fingerprint density at radius 2 is 1.76 bits per heavy atom. The molecular formula is C15H23F3N2O. The molecule has 2 heterocycles. The summed E-state index contributed by atoms with van der Waals surface area (Å²) in [5, 5.41) is 3.45. The van der Waals surface area contributed by atoms with Crippen molar-refractivity contribution in [2.45, 2.75) is 50.7 Å². The Kier molecular flexibility index (Phi) is 4.17. The third-order valence-corrected chi connectivity index (χ3v) is 5.45. The maximum Gasteiger partial charge on any atom is 0.391 e. The normalized spacial score (nSPS) is 37.4. The number of likely N-dealkylation sites (tertiary alicyclic amines) is 1. The predicted octanol–water partition coefficient (Wildman–Crippen LogP) is 2.57. The van der Waals surface area contributed by atoms with Crippen molar-refractivity contribution in [1.82, 2.24) is 10.2 Å². The van der Waals surface area contributed by atoms with Crippen LogP contribution in [0.2, 0.25) is 0 Å². The molecule has 0 aromatic carbocycles. The molecule has 6 heteroatoms. The van der Waals surface area contributed by atoms with Crippen molar-refractivity contribution in [1.29, 1.82) is 0 Å². The van der Waals surface area contributed by atoms with E-state index in [1.165, 1.54) is 0 Å². The van der Waals surface area contributed by atoms with Gasteiger partial charge in [-0.25, -0.2) is 0 Å². The zero-order valence-corrected chi connectivity index (χ0v) is 12.2. The number of carbonyl (C=O) groups is 1. The van der Waals surface area contributed by atoms with E-state index >= 15 is 0 Å². The topological polar surface area (TPSA) is 32.3 Å². The number of fused-ring (bicyclic) bond motifs is 1. The first kappa shape index (κ1) is 15.1. The molecule has 2 atom stereocenters. The average Bonchev–Trinajstić information content (AvgIpc) is 2.89. The minimum absolute atomic E-state index is 0.0897. The van der Waals surface area contributed by atoms with Crippen LogP contribution >= 0.6 is 0 Å². The third-order valence-electron chi connectivity index (χ3n) is 5.45. The molecule has 0 spiro atoms. The number of alkyl halides is 3. The summed E-state index contributed by atoms with van der Waals surface area (Å²) in [7, 11) is 0. The highest BCUT2D eigenvalue weighted by Gasteiger charge is 2.44. The summed E-state index contributed by atoms with van der Waals surface area (Å²) in [6.45, 7) is 2.54. The van der Waals surface area contributed by atoms with E-state index in [2.05, 4.69) is 5.32 Å². The maximum atomic E-state index is 12.7. The van der Waals surface area contributed by atoms with Gasteiger partial charge in [0.15, 0.2) is 0 Å². The van der Waals surface area contributed by atoms with Gasteiger partial charge in [-0.3, -0.25) is 4.79 Å². The average molecular weight is 304 g/mol. The van der Waals surface area contributed by atoms with Crippen LogP contribution in [0.5, 0.6) is 0 Å². The highest BCUT2D eigenvalue weighted by atomic mass is 19.4. The lowest BCUT2D eigenvalue weighted by Gasteiger charge is -2.31. The summed E-state index contributed by atoms with van der Waals surface area (Å²) in [6.07, 6.45) is -0.787. The summed E-state index contributed by atoms with van der Waals surface area (Å²) in [4.78, 5) is 14.4. The van der Waals surface area contributed by atoms with E-state index in [1.54, 1.807) is 0 Å². The molecule has 3 fully saturated rings. The molecule has 1 N–H and O–H groups in total. The lowest BCUT2D eigenvalue weighted by Crippen LogP contribution is -2.42. The molecule has 0 radical (unpaired) electrons. The number of hydrogen-bond donors (Lipinski definition) is 1. The molecule has 2 aliphatic heterocycles. The SMILES string of the molecule is O=C(C1CCC(C(F)(F)F)CC1)N1C[C@@H]2CCCN[C@@H]2C1. The minimum Gasteiger partial charge on any atom is -0.341 e. The van der Waals surface area contributed by atoms with Gasteiger partial charge in [0.05, 0.1) is 5.92 Å². The molecule has 120 valence electrons. The van der Waals surface area contributed by atoms with Gasteiger partial charge in [0.2, 0.25) is 5.91 Å². The van der Waals surface area contributed by atoms with Crippen LogP contribution in [-0.2, 0) is 4.79 Å². The van der Waals surface area contributed by atoms with Crippen molar-refractivity contribution in [3.05, 3.63) is 0 Å². The van der Waals surface area contributed by atoms with Gasteiger partial charge in [-0.15, -0.1) is 0 Å². The Balaban J connectivity index is 1.53. The van der Waals surface area contributed by atoms with E-state index in [0.717, 1.165) is 32.5 Å². The fourth-order valence-electron chi connectivity index (χ4n) is 4.15. The minimum atomic E-state index is -4.10. The van der Waals surface area contributed by atoms with Crippen LogP contribution in [-0.4, -0.2) is 42.7 Å². The van der Waals surface area contributed by atoms with E-state index in [0.29, 0.717) is 24.8 Å². The van der Waals surface area contributed by atoms with E-state index < -0.39 is 12.1 Å². The largest absolute Gasteiger partial charge is 0.391 e. The molecule has 0 unspecified atom stereocenters. The number of rotatable bonds is 1. The Bertz CT molecular complexity index is 377. The molecular weight excluding hydrogens is 281 g/mol. The summed E-state index contributed by atoms with van der Waals surface area (Å²) in [5.74, 6) is -0.769. The zero-order valence-electron chi connectivity index (χ0n) is 12.2. The first-order valence-corrected chi connectivity index (χ1v) is 8.04. The van der Waals surface area contributed by atoms with Crippen molar-refractivity contribution in [3.8, 4) is 0 Å². The second kappa shape index (κ2) is 5.78. The molecule has 0 aromatic heterocycles. The van der Waals surface area contributed by atoms with E-state index in [4.69, 9.17) is 0 Å². The Labute approximate surface area is 123 Å². The van der Waals surface area contributed by atoms with Crippen LogP contribution in [0.25, 0.3) is 0 Å². The molecule has 0 aromatic rings. The molecule has 2 saturated heterocycles. The van der Waals surface area contributed by atoms with Crippen molar-refractivity contribution >= 4 is 5.91 Å². The van der Waals surface area contributed by atoms with Crippen molar-refractivity contribution in [2.75, 3.05) is 19.6 Å². The van der Waals surface area contributed by atoms with Crippen LogP contribution < -0.4 is 5.32 Å². The monoisotopic (exact) mass is 304 g/mol. The second-order valence-corrected chi connectivity index (χ2v) is 6.80. The molecule has 1 saturated carbocycles. The van der Waals surface area contributed by atoms with Gasteiger partial charge in [0, 0.05) is 25.0 Å². The van der Waals surface area contributed by atoms with Crippen molar-refractivity contribution < 1.29 is 18.0 Å². The fourth-order valence-corrected chi connectivity index (χ4v) is 4.15. The second-order valence-electron chi connectivity index (χ2n) is 6.80.